The van der Waals surface area contributed by atoms with E-state index >= 15 is 0 Å². The zero-order valence-electron chi connectivity index (χ0n) is 24.0. The average molecular weight is 651 g/mol. The van der Waals surface area contributed by atoms with Gasteiger partial charge in [0.15, 0.2) is 0 Å². The standard InChI is InChI=1S/C33H29Cl2N3O5S/c1-20(31(39)37-27-14-8-13-26(34)30(27)35)44-25-12-7-11-23(18-25)36-33(41)28(38-32(40)21-9-5-4-6-10-21)17-22-15-16-24(42-2)19-29(22)43-3/h4-20H,1-3H3,(H,36,41)(H,37,39)(H,38,40)/b28-17+. The van der Waals surface area contributed by atoms with E-state index in [1.54, 1.807) is 91.9 Å². The summed E-state index contributed by atoms with van der Waals surface area (Å²) in [6.45, 7) is 1.76. The molecule has 0 radical (unpaired) electrons. The number of nitrogens with one attached hydrogen (secondary N) is 3. The zero-order valence-corrected chi connectivity index (χ0v) is 26.3. The quantitative estimate of drug-likeness (QED) is 0.114. The first kappa shape index (κ1) is 32.5. The molecule has 3 N–H and O–H groups in total. The second-order valence-corrected chi connectivity index (χ2v) is 11.5. The van der Waals surface area contributed by atoms with Crippen molar-refractivity contribution >= 4 is 70.1 Å². The highest BCUT2D eigenvalue weighted by atomic mass is 35.5. The Bertz CT molecular complexity index is 1700. The molecule has 4 aromatic carbocycles. The number of hydrogen-bond acceptors (Lipinski definition) is 6. The lowest BCUT2D eigenvalue weighted by molar-refractivity contribution is -0.115. The number of benzene rings is 4. The Hall–Kier alpha value is -4.44. The predicted molar refractivity (Wildman–Crippen MR) is 177 cm³/mol. The molecule has 0 heterocycles. The van der Waals surface area contributed by atoms with Gasteiger partial charge in [-0.15, -0.1) is 11.8 Å². The Morgan fingerprint density at radius 1 is 0.841 bits per heavy atom. The summed E-state index contributed by atoms with van der Waals surface area (Å²) in [6.07, 6.45) is 1.53. The predicted octanol–water partition coefficient (Wildman–Crippen LogP) is 7.54. The molecule has 4 aromatic rings. The Kier molecular flexibility index (Phi) is 11.3. The molecule has 0 saturated heterocycles. The van der Waals surface area contributed by atoms with Crippen LogP contribution in [0.4, 0.5) is 11.4 Å². The second kappa shape index (κ2) is 15.3. The summed E-state index contributed by atoms with van der Waals surface area (Å²) in [6, 6.07) is 25.7. The van der Waals surface area contributed by atoms with Crippen molar-refractivity contribution in [2.24, 2.45) is 0 Å². The number of hydrogen-bond donors (Lipinski definition) is 3. The SMILES string of the molecule is COc1ccc(/C=C(/NC(=O)c2ccccc2)C(=O)Nc2cccc(SC(C)C(=O)Nc3cccc(Cl)c3Cl)c2)c(OC)c1. The van der Waals surface area contributed by atoms with Gasteiger partial charge < -0.3 is 25.4 Å². The van der Waals surface area contributed by atoms with E-state index in [0.717, 1.165) is 4.90 Å². The molecule has 0 aliphatic carbocycles. The minimum absolute atomic E-state index is 0.00785. The Morgan fingerprint density at radius 2 is 1.59 bits per heavy atom. The lowest BCUT2D eigenvalue weighted by Crippen LogP contribution is -2.30. The molecule has 0 saturated carbocycles. The van der Waals surface area contributed by atoms with Gasteiger partial charge in [0.05, 0.1) is 35.2 Å². The zero-order chi connectivity index (χ0) is 31.6. The molecule has 0 bridgehead atoms. The summed E-state index contributed by atoms with van der Waals surface area (Å²) >= 11 is 13.6. The molecule has 0 aromatic heterocycles. The monoisotopic (exact) mass is 649 g/mol. The molecule has 3 amide bonds. The van der Waals surface area contributed by atoms with Crippen LogP contribution in [-0.2, 0) is 9.59 Å². The molecule has 8 nitrogen and oxygen atoms in total. The molecule has 11 heteroatoms. The van der Waals surface area contributed by atoms with Crippen LogP contribution in [0.3, 0.4) is 0 Å². The van der Waals surface area contributed by atoms with Crippen LogP contribution in [0, 0.1) is 0 Å². The van der Waals surface area contributed by atoms with E-state index < -0.39 is 17.1 Å². The number of methoxy groups -OCH3 is 2. The van der Waals surface area contributed by atoms with Gasteiger partial charge in [-0.05, 0) is 67.6 Å². The van der Waals surface area contributed by atoms with E-state index in [-0.39, 0.29) is 16.6 Å². The molecule has 44 heavy (non-hydrogen) atoms. The number of rotatable bonds is 11. The smallest absolute Gasteiger partial charge is 0.272 e. The van der Waals surface area contributed by atoms with E-state index in [9.17, 15) is 14.4 Å². The van der Waals surface area contributed by atoms with Crippen molar-refractivity contribution in [1.29, 1.82) is 0 Å². The largest absolute Gasteiger partial charge is 0.497 e. The summed E-state index contributed by atoms with van der Waals surface area (Å²) in [5.41, 5.74) is 1.81. The fraction of sp³-hybridized carbons (Fsp3) is 0.121. The number of carbonyl (C=O) groups excluding carboxylic acids is 3. The van der Waals surface area contributed by atoms with Gasteiger partial charge in [-0.2, -0.15) is 0 Å². The highest BCUT2D eigenvalue weighted by Gasteiger charge is 2.19. The third-order valence-electron chi connectivity index (χ3n) is 6.25. The van der Waals surface area contributed by atoms with Crippen LogP contribution in [0.5, 0.6) is 11.5 Å². The molecule has 1 unspecified atom stereocenters. The maximum atomic E-state index is 13.6. The van der Waals surface area contributed by atoms with Gasteiger partial charge in [0.1, 0.15) is 17.2 Å². The van der Waals surface area contributed by atoms with Crippen molar-refractivity contribution in [2.45, 2.75) is 17.1 Å². The van der Waals surface area contributed by atoms with Crippen LogP contribution in [0.1, 0.15) is 22.8 Å². The summed E-state index contributed by atoms with van der Waals surface area (Å²) in [4.78, 5) is 40.2. The first-order valence-electron chi connectivity index (χ1n) is 13.3. The maximum Gasteiger partial charge on any atom is 0.272 e. The lowest BCUT2D eigenvalue weighted by atomic mass is 10.1. The van der Waals surface area contributed by atoms with Gasteiger partial charge in [0.25, 0.3) is 11.8 Å². The molecule has 4 rings (SSSR count). The molecular weight excluding hydrogens is 621 g/mol. The topological polar surface area (TPSA) is 106 Å². The van der Waals surface area contributed by atoms with E-state index in [1.165, 1.54) is 32.1 Å². The third kappa shape index (κ3) is 8.57. The number of amides is 3. The average Bonchev–Trinajstić information content (AvgIpc) is 3.03. The maximum absolute atomic E-state index is 13.6. The van der Waals surface area contributed by atoms with Gasteiger partial charge in [-0.25, -0.2) is 0 Å². The highest BCUT2D eigenvalue weighted by Crippen LogP contribution is 2.32. The Labute approximate surface area is 269 Å². The van der Waals surface area contributed by atoms with Gasteiger partial charge in [-0.3, -0.25) is 14.4 Å². The summed E-state index contributed by atoms with van der Waals surface area (Å²) in [5.74, 6) is -0.255. The van der Waals surface area contributed by atoms with Crippen molar-refractivity contribution in [3.8, 4) is 11.5 Å². The lowest BCUT2D eigenvalue weighted by Gasteiger charge is -2.15. The fourth-order valence-corrected chi connectivity index (χ4v) is 5.25. The van der Waals surface area contributed by atoms with E-state index in [0.29, 0.717) is 39.0 Å². The molecule has 0 fully saturated rings. The van der Waals surface area contributed by atoms with Gasteiger partial charge in [-0.1, -0.05) is 53.5 Å². The summed E-state index contributed by atoms with van der Waals surface area (Å²) in [5, 5.41) is 8.46. The summed E-state index contributed by atoms with van der Waals surface area (Å²) < 4.78 is 10.8. The highest BCUT2D eigenvalue weighted by molar-refractivity contribution is 8.00. The number of anilines is 2. The molecule has 0 spiro atoms. The normalized spacial score (nSPS) is 11.7. The number of halogens is 2. The molecule has 226 valence electrons. The van der Waals surface area contributed by atoms with Crippen LogP contribution in [0.15, 0.2) is 102 Å². The van der Waals surface area contributed by atoms with Crippen LogP contribution in [0.25, 0.3) is 6.08 Å². The van der Waals surface area contributed by atoms with Gasteiger partial charge in [0.2, 0.25) is 5.91 Å². The molecule has 0 aliphatic rings. The molecule has 0 aliphatic heterocycles. The molecule has 1 atom stereocenters. The first-order chi connectivity index (χ1) is 21.2. The number of thioether (sulfide) groups is 1. The van der Waals surface area contributed by atoms with Gasteiger partial charge in [0, 0.05) is 27.8 Å². The van der Waals surface area contributed by atoms with Gasteiger partial charge >= 0.3 is 0 Å². The van der Waals surface area contributed by atoms with Crippen LogP contribution in [0.2, 0.25) is 10.0 Å². The summed E-state index contributed by atoms with van der Waals surface area (Å²) in [7, 11) is 3.04. The Morgan fingerprint density at radius 3 is 2.32 bits per heavy atom. The van der Waals surface area contributed by atoms with Crippen molar-refractivity contribution in [3.05, 3.63) is 118 Å². The van der Waals surface area contributed by atoms with E-state index in [1.807, 2.05) is 6.07 Å². The third-order valence-corrected chi connectivity index (χ3v) is 8.17. The first-order valence-corrected chi connectivity index (χ1v) is 14.9. The minimum atomic E-state index is -0.560. The fourth-order valence-electron chi connectivity index (χ4n) is 3.97. The van der Waals surface area contributed by atoms with Crippen LogP contribution in [-0.4, -0.2) is 37.2 Å². The minimum Gasteiger partial charge on any atom is -0.497 e. The van der Waals surface area contributed by atoms with E-state index in [2.05, 4.69) is 16.0 Å². The second-order valence-electron chi connectivity index (χ2n) is 9.32. The van der Waals surface area contributed by atoms with Crippen molar-refractivity contribution in [1.82, 2.24) is 5.32 Å². The number of ether oxygens (including phenoxy) is 2. The number of carbonyl (C=O) groups is 3. The van der Waals surface area contributed by atoms with Crippen molar-refractivity contribution in [3.63, 3.8) is 0 Å². The van der Waals surface area contributed by atoms with E-state index in [4.69, 9.17) is 32.7 Å². The Balaban J connectivity index is 1.53. The molecular formula is C33H29Cl2N3O5S. The van der Waals surface area contributed by atoms with Crippen LogP contribution < -0.4 is 25.4 Å². The van der Waals surface area contributed by atoms with Crippen LogP contribution >= 0.6 is 35.0 Å². The van der Waals surface area contributed by atoms with Crippen molar-refractivity contribution in [2.75, 3.05) is 24.9 Å². The van der Waals surface area contributed by atoms with Crippen molar-refractivity contribution < 1.29 is 23.9 Å².